The number of nitrogens with one attached hydrogen (secondary N) is 2. The van der Waals surface area contributed by atoms with E-state index in [-0.39, 0.29) is 5.91 Å². The molecule has 0 bridgehead atoms. The van der Waals surface area contributed by atoms with Crippen molar-refractivity contribution < 1.29 is 14.4 Å². The molecule has 1 saturated heterocycles. The molecule has 2 N–H and O–H groups in total. The molecule has 1 aliphatic rings. The van der Waals surface area contributed by atoms with Gasteiger partial charge in [-0.1, -0.05) is 35.3 Å². The van der Waals surface area contributed by atoms with Gasteiger partial charge >= 0.3 is 0 Å². The monoisotopic (exact) mass is 408 g/mol. The van der Waals surface area contributed by atoms with Crippen LogP contribution in [0.1, 0.15) is 6.92 Å². The number of para-hydroxylation sites is 2. The Kier molecular flexibility index (Phi) is 6.83. The quantitative estimate of drug-likeness (QED) is 0.772. The number of rotatable bonds is 6. The first-order valence-electron chi connectivity index (χ1n) is 9.12. The standard InChI is InChI=1S/C20H23Cl2N3O2/c1-2-27-19-6-4-3-5-18(19)25-11-9-24(10-12-25)14-20(26)23-15-7-8-16(21)17(22)13-15/h3-8,13H,2,9-12,14H2,1H3,(H,23,26)/p+1. The van der Waals surface area contributed by atoms with E-state index in [0.29, 0.717) is 28.9 Å². The minimum atomic E-state index is -0.0217. The smallest absolute Gasteiger partial charge is 0.279 e. The molecule has 1 aliphatic heterocycles. The second-order valence-corrected chi connectivity index (χ2v) is 7.31. The molecule has 1 amide bonds. The van der Waals surface area contributed by atoms with E-state index in [0.717, 1.165) is 37.6 Å². The number of benzene rings is 2. The lowest BCUT2D eigenvalue weighted by molar-refractivity contribution is -0.892. The van der Waals surface area contributed by atoms with Gasteiger partial charge in [0.2, 0.25) is 0 Å². The first-order chi connectivity index (χ1) is 13.1. The minimum absolute atomic E-state index is 0.0217. The second kappa shape index (κ2) is 9.31. The largest absolute Gasteiger partial charge is 0.492 e. The van der Waals surface area contributed by atoms with Crippen molar-refractivity contribution in [2.45, 2.75) is 6.92 Å². The summed E-state index contributed by atoms with van der Waals surface area (Å²) in [6, 6.07) is 13.2. The number of nitrogens with zero attached hydrogens (tertiary/aromatic N) is 1. The van der Waals surface area contributed by atoms with Gasteiger partial charge < -0.3 is 19.9 Å². The van der Waals surface area contributed by atoms with Gasteiger partial charge in [-0.2, -0.15) is 0 Å². The predicted octanol–water partition coefficient (Wildman–Crippen LogP) is 2.74. The van der Waals surface area contributed by atoms with Gasteiger partial charge in [0, 0.05) is 5.69 Å². The van der Waals surface area contributed by atoms with Crippen LogP contribution in [-0.2, 0) is 4.79 Å². The van der Waals surface area contributed by atoms with Crippen LogP contribution in [0.4, 0.5) is 11.4 Å². The van der Waals surface area contributed by atoms with Crippen LogP contribution >= 0.6 is 23.2 Å². The second-order valence-electron chi connectivity index (χ2n) is 6.49. The molecule has 1 heterocycles. The summed E-state index contributed by atoms with van der Waals surface area (Å²) < 4.78 is 5.73. The molecule has 0 aromatic heterocycles. The average molecular weight is 409 g/mol. The highest BCUT2D eigenvalue weighted by molar-refractivity contribution is 6.42. The van der Waals surface area contributed by atoms with Crippen LogP contribution in [0.15, 0.2) is 42.5 Å². The Morgan fingerprint density at radius 3 is 2.59 bits per heavy atom. The van der Waals surface area contributed by atoms with E-state index in [9.17, 15) is 4.79 Å². The maximum atomic E-state index is 12.3. The number of carbonyl (C=O) groups excluding carboxylic acids is 1. The summed E-state index contributed by atoms with van der Waals surface area (Å²) in [6.07, 6.45) is 0. The fourth-order valence-electron chi connectivity index (χ4n) is 3.24. The third-order valence-electron chi connectivity index (χ3n) is 4.59. The van der Waals surface area contributed by atoms with Crippen LogP contribution in [0.3, 0.4) is 0 Å². The number of piperazine rings is 1. The van der Waals surface area contributed by atoms with Crippen LogP contribution in [0.25, 0.3) is 0 Å². The number of anilines is 2. The van der Waals surface area contributed by atoms with Crippen molar-refractivity contribution in [1.29, 1.82) is 0 Å². The summed E-state index contributed by atoms with van der Waals surface area (Å²) in [5, 5.41) is 3.80. The highest BCUT2D eigenvalue weighted by atomic mass is 35.5. The van der Waals surface area contributed by atoms with Crippen molar-refractivity contribution in [3.05, 3.63) is 52.5 Å². The van der Waals surface area contributed by atoms with Crippen molar-refractivity contribution in [1.82, 2.24) is 0 Å². The molecule has 0 radical (unpaired) electrons. The lowest BCUT2D eigenvalue weighted by atomic mass is 10.2. The molecule has 0 atom stereocenters. The van der Waals surface area contributed by atoms with Crippen LogP contribution in [0.5, 0.6) is 5.75 Å². The van der Waals surface area contributed by atoms with E-state index in [2.05, 4.69) is 16.3 Å². The fraction of sp³-hybridized carbons (Fsp3) is 0.350. The predicted molar refractivity (Wildman–Crippen MR) is 110 cm³/mol. The van der Waals surface area contributed by atoms with Gasteiger partial charge in [-0.15, -0.1) is 0 Å². The molecule has 0 spiro atoms. The Morgan fingerprint density at radius 1 is 1.15 bits per heavy atom. The first kappa shape index (κ1) is 19.8. The number of hydrogen-bond acceptors (Lipinski definition) is 3. The number of hydrogen-bond donors (Lipinski definition) is 2. The van der Waals surface area contributed by atoms with E-state index in [1.165, 1.54) is 4.90 Å². The number of carbonyl (C=O) groups is 1. The molecular weight excluding hydrogens is 385 g/mol. The van der Waals surface area contributed by atoms with Crippen LogP contribution in [0.2, 0.25) is 10.0 Å². The molecule has 7 heteroatoms. The topological polar surface area (TPSA) is 46.0 Å². The van der Waals surface area contributed by atoms with Crippen LogP contribution < -0.4 is 19.9 Å². The average Bonchev–Trinajstić information content (AvgIpc) is 2.66. The molecule has 2 aromatic carbocycles. The zero-order valence-electron chi connectivity index (χ0n) is 15.3. The van der Waals surface area contributed by atoms with Crippen LogP contribution in [-0.4, -0.2) is 45.2 Å². The Labute approximate surface area is 169 Å². The summed E-state index contributed by atoms with van der Waals surface area (Å²) in [5.41, 5.74) is 1.79. The fourth-order valence-corrected chi connectivity index (χ4v) is 3.54. The zero-order valence-corrected chi connectivity index (χ0v) is 16.8. The Bertz CT molecular complexity index is 793. The molecule has 144 valence electrons. The van der Waals surface area contributed by atoms with Crippen molar-refractivity contribution in [3.8, 4) is 5.75 Å². The van der Waals surface area contributed by atoms with Gasteiger partial charge in [0.05, 0.1) is 48.5 Å². The number of ether oxygens (including phenoxy) is 1. The normalized spacial score (nSPS) is 14.9. The van der Waals surface area contributed by atoms with E-state index in [1.54, 1.807) is 18.2 Å². The van der Waals surface area contributed by atoms with E-state index in [4.69, 9.17) is 27.9 Å². The van der Waals surface area contributed by atoms with E-state index >= 15 is 0 Å². The summed E-state index contributed by atoms with van der Waals surface area (Å²) in [4.78, 5) is 15.9. The summed E-state index contributed by atoms with van der Waals surface area (Å²) >= 11 is 11.9. The number of quaternary nitrogens is 1. The first-order valence-corrected chi connectivity index (χ1v) is 9.87. The van der Waals surface area contributed by atoms with Gasteiger partial charge in [-0.25, -0.2) is 0 Å². The van der Waals surface area contributed by atoms with Crippen molar-refractivity contribution >= 4 is 40.5 Å². The third kappa shape index (κ3) is 5.28. The maximum Gasteiger partial charge on any atom is 0.279 e. The molecular formula is C20H24Cl2N3O2+. The number of halogens is 2. The molecule has 1 fully saturated rings. The Hall–Kier alpha value is -1.95. The summed E-state index contributed by atoms with van der Waals surface area (Å²) in [5.74, 6) is 0.896. The van der Waals surface area contributed by atoms with Gasteiger partial charge in [0.25, 0.3) is 5.91 Å². The molecule has 5 nitrogen and oxygen atoms in total. The lowest BCUT2D eigenvalue weighted by Crippen LogP contribution is -3.15. The van der Waals surface area contributed by atoms with Crippen molar-refractivity contribution in [2.24, 2.45) is 0 Å². The van der Waals surface area contributed by atoms with Crippen molar-refractivity contribution in [2.75, 3.05) is 49.5 Å². The maximum absolute atomic E-state index is 12.3. The SMILES string of the molecule is CCOc1ccccc1N1CC[NH+](CC(=O)Nc2ccc(Cl)c(Cl)c2)CC1. The van der Waals surface area contributed by atoms with Gasteiger partial charge in [0.15, 0.2) is 6.54 Å². The third-order valence-corrected chi connectivity index (χ3v) is 5.33. The van der Waals surface area contributed by atoms with Gasteiger partial charge in [-0.05, 0) is 37.3 Å². The molecule has 0 aliphatic carbocycles. The Balaban J connectivity index is 1.52. The lowest BCUT2D eigenvalue weighted by Gasteiger charge is -2.34. The number of amides is 1. The molecule has 2 aromatic rings. The summed E-state index contributed by atoms with van der Waals surface area (Å²) in [6.45, 7) is 6.65. The van der Waals surface area contributed by atoms with E-state index < -0.39 is 0 Å². The van der Waals surface area contributed by atoms with Crippen molar-refractivity contribution in [3.63, 3.8) is 0 Å². The minimum Gasteiger partial charge on any atom is -0.492 e. The van der Waals surface area contributed by atoms with Crippen LogP contribution in [0, 0.1) is 0 Å². The van der Waals surface area contributed by atoms with Gasteiger partial charge in [-0.3, -0.25) is 4.79 Å². The van der Waals surface area contributed by atoms with E-state index in [1.807, 2.05) is 25.1 Å². The molecule has 27 heavy (non-hydrogen) atoms. The highest BCUT2D eigenvalue weighted by Crippen LogP contribution is 2.28. The van der Waals surface area contributed by atoms with Gasteiger partial charge in [0.1, 0.15) is 5.75 Å². The molecule has 0 saturated carbocycles. The molecule has 0 unspecified atom stereocenters. The summed E-state index contributed by atoms with van der Waals surface area (Å²) in [7, 11) is 0. The highest BCUT2D eigenvalue weighted by Gasteiger charge is 2.24. The molecule has 3 rings (SSSR count). The Morgan fingerprint density at radius 2 is 1.89 bits per heavy atom. The zero-order chi connectivity index (χ0) is 19.2.